The minimum absolute atomic E-state index is 0.0292. The van der Waals surface area contributed by atoms with Crippen molar-refractivity contribution in [1.29, 1.82) is 0 Å². The van der Waals surface area contributed by atoms with Crippen LogP contribution in [0.15, 0.2) is 53.4 Å². The number of aliphatic hydroxyl groups is 1. The lowest BCUT2D eigenvalue weighted by molar-refractivity contribution is 0.295. The second-order valence-corrected chi connectivity index (χ2v) is 9.69. The van der Waals surface area contributed by atoms with Gasteiger partial charge in [0.1, 0.15) is 0 Å². The van der Waals surface area contributed by atoms with Gasteiger partial charge in [-0.3, -0.25) is 0 Å². The second-order valence-electron chi connectivity index (χ2n) is 7.58. The van der Waals surface area contributed by atoms with E-state index in [4.69, 9.17) is 5.11 Å². The molecule has 1 N–H and O–H groups in total. The van der Waals surface area contributed by atoms with Gasteiger partial charge in [-0.05, 0) is 54.7 Å². The van der Waals surface area contributed by atoms with Crippen LogP contribution in [-0.4, -0.2) is 39.0 Å². The van der Waals surface area contributed by atoms with Gasteiger partial charge in [0, 0.05) is 25.4 Å². The Bertz CT molecular complexity index is 864. The first kappa shape index (κ1) is 24.2. The second kappa shape index (κ2) is 12.6. The summed E-state index contributed by atoms with van der Waals surface area (Å²) < 4.78 is 24.3. The van der Waals surface area contributed by atoms with Crippen molar-refractivity contribution in [1.82, 2.24) is 0 Å². The van der Waals surface area contributed by atoms with Gasteiger partial charge in [-0.25, -0.2) is 8.42 Å². The van der Waals surface area contributed by atoms with E-state index >= 15 is 0 Å². The van der Waals surface area contributed by atoms with Gasteiger partial charge >= 0.3 is 0 Å². The topological polar surface area (TPSA) is 57.6 Å². The van der Waals surface area contributed by atoms with E-state index in [0.717, 1.165) is 24.2 Å². The normalized spacial score (nSPS) is 11.8. The summed E-state index contributed by atoms with van der Waals surface area (Å²) >= 11 is 0. The lowest BCUT2D eigenvalue weighted by atomic mass is 10.1. The van der Waals surface area contributed by atoms with Gasteiger partial charge in [0.05, 0.1) is 10.6 Å². The van der Waals surface area contributed by atoms with E-state index in [1.807, 2.05) is 24.3 Å². The smallest absolute Gasteiger partial charge is 0.178 e. The minimum atomic E-state index is -3.32. The van der Waals surface area contributed by atoms with Crippen LogP contribution in [0, 0.1) is 0 Å². The molecule has 5 heteroatoms. The molecule has 0 aliphatic carbocycles. The Morgan fingerprint density at radius 2 is 1.30 bits per heavy atom. The van der Waals surface area contributed by atoms with E-state index in [-0.39, 0.29) is 18.8 Å². The average Bonchev–Trinajstić information content (AvgIpc) is 2.77. The molecule has 30 heavy (non-hydrogen) atoms. The Labute approximate surface area is 182 Å². The predicted octanol–water partition coefficient (Wildman–Crippen LogP) is 5.42. The molecule has 0 atom stereocenters. The third-order valence-electron chi connectivity index (χ3n) is 5.10. The summed E-state index contributed by atoms with van der Waals surface area (Å²) in [5, 5.41) is 8.85. The molecule has 0 fully saturated rings. The molecule has 0 aliphatic heterocycles. The SMILES string of the molecule is CCCCN(CCCC)c1ccc(C=Cc2ccc(S(=O)(=O)CCCO)cc2)cc1. The lowest BCUT2D eigenvalue weighted by Gasteiger charge is -2.24. The quantitative estimate of drug-likeness (QED) is 0.432. The van der Waals surface area contributed by atoms with Crippen LogP contribution in [0.4, 0.5) is 5.69 Å². The third-order valence-corrected chi connectivity index (χ3v) is 6.92. The van der Waals surface area contributed by atoms with Crippen molar-refractivity contribution in [2.45, 2.75) is 50.8 Å². The van der Waals surface area contributed by atoms with Crippen molar-refractivity contribution in [3.05, 3.63) is 59.7 Å². The van der Waals surface area contributed by atoms with E-state index in [2.05, 4.69) is 43.0 Å². The number of rotatable bonds is 13. The zero-order chi connectivity index (χ0) is 21.8. The van der Waals surface area contributed by atoms with Crippen molar-refractivity contribution in [3.8, 4) is 0 Å². The lowest BCUT2D eigenvalue weighted by Crippen LogP contribution is -2.25. The van der Waals surface area contributed by atoms with E-state index in [9.17, 15) is 8.42 Å². The van der Waals surface area contributed by atoms with Crippen LogP contribution in [0.5, 0.6) is 0 Å². The molecule has 0 radical (unpaired) electrons. The number of benzene rings is 2. The number of hydrogen-bond acceptors (Lipinski definition) is 4. The molecule has 2 aromatic rings. The zero-order valence-electron chi connectivity index (χ0n) is 18.3. The number of nitrogens with zero attached hydrogens (tertiary/aromatic N) is 1. The van der Waals surface area contributed by atoms with Crippen molar-refractivity contribution in [3.63, 3.8) is 0 Å². The fourth-order valence-electron chi connectivity index (χ4n) is 3.22. The summed E-state index contributed by atoms with van der Waals surface area (Å²) in [6.45, 7) is 6.53. The van der Waals surface area contributed by atoms with Gasteiger partial charge in [-0.1, -0.05) is 63.1 Å². The van der Waals surface area contributed by atoms with Crippen molar-refractivity contribution in [2.75, 3.05) is 30.3 Å². The summed E-state index contributed by atoms with van der Waals surface area (Å²) in [6.07, 6.45) is 9.10. The maximum absolute atomic E-state index is 12.2. The van der Waals surface area contributed by atoms with Gasteiger partial charge in [-0.15, -0.1) is 0 Å². The highest BCUT2D eigenvalue weighted by Crippen LogP contribution is 2.19. The van der Waals surface area contributed by atoms with Gasteiger partial charge in [-0.2, -0.15) is 0 Å². The number of aliphatic hydroxyl groups excluding tert-OH is 1. The molecule has 0 saturated carbocycles. The Kier molecular flexibility index (Phi) is 10.1. The molecule has 0 heterocycles. The van der Waals surface area contributed by atoms with Gasteiger partial charge in [0.15, 0.2) is 9.84 Å². The van der Waals surface area contributed by atoms with E-state index < -0.39 is 9.84 Å². The molecule has 0 spiro atoms. The van der Waals surface area contributed by atoms with Crippen LogP contribution in [0.25, 0.3) is 12.2 Å². The highest BCUT2D eigenvalue weighted by Gasteiger charge is 2.13. The molecular formula is C25H35NO3S. The van der Waals surface area contributed by atoms with Crippen LogP contribution in [0.3, 0.4) is 0 Å². The Morgan fingerprint density at radius 3 is 1.77 bits per heavy atom. The molecule has 2 aromatic carbocycles. The summed E-state index contributed by atoms with van der Waals surface area (Å²) in [5.41, 5.74) is 3.34. The molecule has 2 rings (SSSR count). The van der Waals surface area contributed by atoms with Crippen LogP contribution in [0.1, 0.15) is 57.1 Å². The van der Waals surface area contributed by atoms with E-state index in [1.54, 1.807) is 12.1 Å². The maximum atomic E-state index is 12.2. The Balaban J connectivity index is 2.03. The number of unbranched alkanes of at least 4 members (excludes halogenated alkanes) is 2. The first-order chi connectivity index (χ1) is 14.5. The van der Waals surface area contributed by atoms with Crippen LogP contribution >= 0.6 is 0 Å². The molecule has 0 unspecified atom stereocenters. The molecule has 0 bridgehead atoms. The summed E-state index contributed by atoms with van der Waals surface area (Å²) in [4.78, 5) is 2.77. The van der Waals surface area contributed by atoms with Crippen molar-refractivity contribution < 1.29 is 13.5 Å². The summed E-state index contributed by atoms with van der Waals surface area (Å²) in [5.74, 6) is -0.0292. The predicted molar refractivity (Wildman–Crippen MR) is 128 cm³/mol. The van der Waals surface area contributed by atoms with Crippen molar-refractivity contribution in [2.24, 2.45) is 0 Å². The Morgan fingerprint density at radius 1 is 0.800 bits per heavy atom. The number of hydrogen-bond donors (Lipinski definition) is 1. The van der Waals surface area contributed by atoms with E-state index in [1.165, 1.54) is 31.4 Å². The third kappa shape index (κ3) is 7.62. The highest BCUT2D eigenvalue weighted by atomic mass is 32.2. The molecule has 164 valence electrons. The summed E-state index contributed by atoms with van der Waals surface area (Å²) in [6, 6.07) is 15.5. The first-order valence-electron chi connectivity index (χ1n) is 11.0. The zero-order valence-corrected chi connectivity index (χ0v) is 19.1. The van der Waals surface area contributed by atoms with Crippen LogP contribution in [-0.2, 0) is 9.84 Å². The first-order valence-corrected chi connectivity index (χ1v) is 12.6. The standard InChI is InChI=1S/C25H35NO3S/c1-3-5-18-26(19-6-4-2)24-14-10-22(11-15-24)8-9-23-12-16-25(17-13-23)30(28,29)21-7-20-27/h8-17,27H,3-7,18-21H2,1-2H3. The molecule has 0 saturated heterocycles. The van der Waals surface area contributed by atoms with Crippen molar-refractivity contribution >= 4 is 27.7 Å². The summed E-state index contributed by atoms with van der Waals surface area (Å²) in [7, 11) is -3.32. The van der Waals surface area contributed by atoms with Gasteiger partial charge in [0.25, 0.3) is 0 Å². The molecule has 0 aromatic heterocycles. The van der Waals surface area contributed by atoms with Gasteiger partial charge < -0.3 is 10.0 Å². The number of sulfone groups is 1. The van der Waals surface area contributed by atoms with Crippen LogP contribution in [0.2, 0.25) is 0 Å². The largest absolute Gasteiger partial charge is 0.396 e. The van der Waals surface area contributed by atoms with Gasteiger partial charge in [0.2, 0.25) is 0 Å². The molecule has 0 amide bonds. The van der Waals surface area contributed by atoms with Crippen LogP contribution < -0.4 is 4.90 Å². The fraction of sp³-hybridized carbons (Fsp3) is 0.440. The highest BCUT2D eigenvalue weighted by molar-refractivity contribution is 7.91. The molecule has 4 nitrogen and oxygen atoms in total. The molecular weight excluding hydrogens is 394 g/mol. The minimum Gasteiger partial charge on any atom is -0.396 e. The molecule has 0 aliphatic rings. The average molecular weight is 430 g/mol. The monoisotopic (exact) mass is 429 g/mol. The fourth-order valence-corrected chi connectivity index (χ4v) is 4.51. The van der Waals surface area contributed by atoms with E-state index in [0.29, 0.717) is 4.90 Å². The number of anilines is 1. The maximum Gasteiger partial charge on any atom is 0.178 e. The Hall–Kier alpha value is -2.11.